The van der Waals surface area contributed by atoms with Crippen molar-refractivity contribution in [2.24, 2.45) is 12.5 Å². The molecule has 1 atom stereocenters. The third-order valence-corrected chi connectivity index (χ3v) is 7.82. The number of carboxylic acid groups (broad SMARTS) is 1. The number of hydrogen-bond donors (Lipinski definition) is 2. The number of aliphatic carboxylic acids is 1. The Morgan fingerprint density at radius 1 is 1.02 bits per heavy atom. The van der Waals surface area contributed by atoms with Crippen LogP contribution < -0.4 is 15.7 Å². The van der Waals surface area contributed by atoms with E-state index in [9.17, 15) is 24.3 Å². The summed E-state index contributed by atoms with van der Waals surface area (Å²) in [4.78, 5) is 62.4. The van der Waals surface area contributed by atoms with Gasteiger partial charge in [0.1, 0.15) is 17.0 Å². The van der Waals surface area contributed by atoms with E-state index in [4.69, 9.17) is 4.84 Å². The Morgan fingerprint density at radius 2 is 1.74 bits per heavy atom. The largest absolute Gasteiger partial charge is 0.480 e. The molecule has 0 unspecified atom stereocenters. The Hall–Kier alpha value is -5.39. The number of carboxylic acids is 1. The first-order chi connectivity index (χ1) is 20.7. The van der Waals surface area contributed by atoms with Gasteiger partial charge in [-0.3, -0.25) is 9.59 Å². The maximum absolute atomic E-state index is 13.5. The van der Waals surface area contributed by atoms with Gasteiger partial charge >= 0.3 is 11.9 Å². The first-order valence-corrected chi connectivity index (χ1v) is 13.8. The highest BCUT2D eigenvalue weighted by Gasteiger charge is 2.46. The third kappa shape index (κ3) is 5.46. The van der Waals surface area contributed by atoms with Gasteiger partial charge in [0.2, 0.25) is 11.6 Å². The lowest BCUT2D eigenvalue weighted by Gasteiger charge is -2.28. The van der Waals surface area contributed by atoms with Gasteiger partial charge in [0.25, 0.3) is 5.56 Å². The topological polar surface area (TPSA) is 158 Å². The van der Waals surface area contributed by atoms with Crippen LogP contribution in [0.1, 0.15) is 32.3 Å². The second kappa shape index (κ2) is 11.8. The van der Waals surface area contributed by atoms with Crippen LogP contribution in [0.25, 0.3) is 33.2 Å². The molecule has 1 amide bonds. The van der Waals surface area contributed by atoms with Crippen molar-refractivity contribution in [3.63, 3.8) is 0 Å². The standard InChI is InChI=1S/C31H30N6O6/c1-4-31(5-2,30(42)43-37-26-23(34-35-37)10-8-16-32-26)29(41)33-24(28(39)40)17-19-12-14-20(15-13-19)22-18-21-9-6-7-11-25(21)36(3)27(22)38/h6-16,18,24H,4-5,17H2,1-3H3,(H,33,41)(H,39,40)/t24-/m0/s1. The molecule has 220 valence electrons. The number of benzene rings is 2. The molecule has 2 N–H and O–H groups in total. The van der Waals surface area contributed by atoms with Crippen molar-refractivity contribution in [3.8, 4) is 11.1 Å². The zero-order chi connectivity index (χ0) is 30.7. The molecule has 0 saturated heterocycles. The van der Waals surface area contributed by atoms with Crippen molar-refractivity contribution < 1.29 is 24.3 Å². The van der Waals surface area contributed by atoms with E-state index in [1.807, 2.05) is 30.3 Å². The Bertz CT molecular complexity index is 1890. The van der Waals surface area contributed by atoms with Gasteiger partial charge in [0.05, 0.1) is 5.52 Å². The highest BCUT2D eigenvalue weighted by atomic mass is 16.7. The predicted octanol–water partition coefficient (Wildman–Crippen LogP) is 2.92. The van der Waals surface area contributed by atoms with Crippen LogP contribution in [0, 0.1) is 5.41 Å². The monoisotopic (exact) mass is 582 g/mol. The predicted molar refractivity (Wildman–Crippen MR) is 158 cm³/mol. The molecule has 5 aromatic rings. The van der Waals surface area contributed by atoms with Crippen LogP contribution in [0.5, 0.6) is 0 Å². The summed E-state index contributed by atoms with van der Waals surface area (Å²) in [5, 5.41) is 21.1. The number of pyridine rings is 2. The average Bonchev–Trinajstić information content (AvgIpc) is 3.42. The Labute approximate surface area is 245 Å². The molecule has 0 aliphatic rings. The smallest absolute Gasteiger partial charge is 0.350 e. The minimum atomic E-state index is -1.68. The maximum Gasteiger partial charge on any atom is 0.350 e. The van der Waals surface area contributed by atoms with E-state index >= 15 is 0 Å². The molecule has 0 bridgehead atoms. The van der Waals surface area contributed by atoms with E-state index in [0.29, 0.717) is 22.2 Å². The average molecular weight is 583 g/mol. The van der Waals surface area contributed by atoms with Crippen LogP contribution in [0.15, 0.2) is 77.7 Å². The van der Waals surface area contributed by atoms with E-state index in [1.165, 1.54) is 6.20 Å². The van der Waals surface area contributed by atoms with Gasteiger partial charge in [-0.1, -0.05) is 56.3 Å². The molecule has 12 heteroatoms. The van der Waals surface area contributed by atoms with E-state index < -0.39 is 29.3 Å². The summed E-state index contributed by atoms with van der Waals surface area (Å²) < 4.78 is 1.59. The minimum Gasteiger partial charge on any atom is -0.480 e. The quantitative estimate of drug-likeness (QED) is 0.187. The lowest BCUT2D eigenvalue weighted by atomic mass is 9.81. The zero-order valence-electron chi connectivity index (χ0n) is 23.9. The first kappa shape index (κ1) is 29.1. The molecular weight excluding hydrogens is 552 g/mol. The minimum absolute atomic E-state index is 0.0483. The molecule has 3 heterocycles. The van der Waals surface area contributed by atoms with Gasteiger partial charge in [0, 0.05) is 25.2 Å². The summed E-state index contributed by atoms with van der Waals surface area (Å²) in [5.41, 5.74) is 1.40. The molecule has 2 aromatic carbocycles. The molecule has 0 aliphatic carbocycles. The lowest BCUT2D eigenvalue weighted by molar-refractivity contribution is -0.164. The fourth-order valence-electron chi connectivity index (χ4n) is 5.11. The Balaban J connectivity index is 1.34. The molecule has 0 fully saturated rings. The molecule has 0 radical (unpaired) electrons. The summed E-state index contributed by atoms with van der Waals surface area (Å²) in [6.45, 7) is 3.29. The molecule has 0 saturated carbocycles. The highest BCUT2D eigenvalue weighted by Crippen LogP contribution is 2.29. The van der Waals surface area contributed by atoms with Crippen LogP contribution in [0.3, 0.4) is 0 Å². The number of rotatable bonds is 10. The number of aromatic nitrogens is 5. The first-order valence-electron chi connectivity index (χ1n) is 13.8. The van der Waals surface area contributed by atoms with Crippen LogP contribution in [0.2, 0.25) is 0 Å². The number of nitrogens with zero attached hydrogens (tertiary/aromatic N) is 5. The van der Waals surface area contributed by atoms with E-state index in [2.05, 4.69) is 20.6 Å². The van der Waals surface area contributed by atoms with Crippen molar-refractivity contribution in [1.82, 2.24) is 30.0 Å². The van der Waals surface area contributed by atoms with Crippen LogP contribution >= 0.6 is 0 Å². The van der Waals surface area contributed by atoms with Crippen molar-refractivity contribution in [1.29, 1.82) is 0 Å². The number of carbonyl (C=O) groups excluding carboxylic acids is 2. The second-order valence-electron chi connectivity index (χ2n) is 10.2. The van der Waals surface area contributed by atoms with Crippen molar-refractivity contribution in [3.05, 3.63) is 88.8 Å². The lowest BCUT2D eigenvalue weighted by Crippen LogP contribution is -2.54. The molecule has 3 aromatic heterocycles. The molecule has 12 nitrogen and oxygen atoms in total. The number of para-hydroxylation sites is 1. The van der Waals surface area contributed by atoms with E-state index in [0.717, 1.165) is 15.7 Å². The zero-order valence-corrected chi connectivity index (χ0v) is 23.9. The molecule has 0 aliphatic heterocycles. The summed E-state index contributed by atoms with van der Waals surface area (Å²) in [5.74, 6) is -2.94. The SMILES string of the molecule is CCC(CC)(C(=O)N[C@@H](Cc1ccc(-c2cc3ccccc3n(C)c2=O)cc1)C(=O)O)C(=O)On1nnc2cccnc21. The molecular formula is C31H30N6O6. The fourth-order valence-corrected chi connectivity index (χ4v) is 5.11. The van der Waals surface area contributed by atoms with Gasteiger partial charge in [-0.25, -0.2) is 14.6 Å². The second-order valence-corrected chi connectivity index (χ2v) is 10.2. The van der Waals surface area contributed by atoms with E-state index in [1.54, 1.807) is 61.9 Å². The van der Waals surface area contributed by atoms with Gasteiger partial charge in [0.15, 0.2) is 0 Å². The fraction of sp³-hybridized carbons (Fsp3) is 0.258. The van der Waals surface area contributed by atoms with E-state index in [-0.39, 0.29) is 30.5 Å². The number of amides is 1. The number of fused-ring (bicyclic) bond motifs is 2. The van der Waals surface area contributed by atoms with Gasteiger partial charge in [-0.15, -0.1) is 5.10 Å². The molecule has 5 rings (SSSR count). The normalized spacial score (nSPS) is 12.3. The molecule has 0 spiro atoms. The van der Waals surface area contributed by atoms with Gasteiger partial charge < -0.3 is 19.8 Å². The molecule has 43 heavy (non-hydrogen) atoms. The third-order valence-electron chi connectivity index (χ3n) is 7.82. The number of carbonyl (C=O) groups is 3. The summed E-state index contributed by atoms with van der Waals surface area (Å²) in [6, 6.07) is 18.3. The summed E-state index contributed by atoms with van der Waals surface area (Å²) in [6.07, 6.45) is 1.54. The Morgan fingerprint density at radius 3 is 2.44 bits per heavy atom. The van der Waals surface area contributed by atoms with Crippen LogP contribution in [-0.2, 0) is 27.9 Å². The number of aryl methyl sites for hydroxylation is 1. The van der Waals surface area contributed by atoms with Gasteiger partial charge in [-0.2, -0.15) is 0 Å². The summed E-state index contributed by atoms with van der Waals surface area (Å²) >= 11 is 0. The Kier molecular flexibility index (Phi) is 8.02. The van der Waals surface area contributed by atoms with Gasteiger partial charge in [-0.05, 0) is 63.7 Å². The van der Waals surface area contributed by atoms with Crippen molar-refractivity contribution in [2.45, 2.75) is 39.2 Å². The van der Waals surface area contributed by atoms with Crippen molar-refractivity contribution in [2.75, 3.05) is 0 Å². The number of nitrogens with one attached hydrogen (secondary N) is 1. The highest BCUT2D eigenvalue weighted by molar-refractivity contribution is 6.04. The summed E-state index contributed by atoms with van der Waals surface area (Å²) in [7, 11) is 1.72. The van der Waals surface area contributed by atoms with Crippen molar-refractivity contribution >= 4 is 39.9 Å². The maximum atomic E-state index is 13.5. The number of hydrogen-bond acceptors (Lipinski definition) is 8. The van der Waals surface area contributed by atoms with Crippen LogP contribution in [0.4, 0.5) is 0 Å². The van der Waals surface area contributed by atoms with Crippen LogP contribution in [-0.4, -0.2) is 53.7 Å².